The van der Waals surface area contributed by atoms with Crippen LogP contribution in [-0.4, -0.2) is 45.1 Å². The summed E-state index contributed by atoms with van der Waals surface area (Å²) in [5.74, 6) is -0.418. The molecule has 176 valence electrons. The van der Waals surface area contributed by atoms with Crippen LogP contribution < -0.4 is 10.6 Å². The molecule has 0 fully saturated rings. The number of hydrogen-bond acceptors (Lipinski definition) is 7. The van der Waals surface area contributed by atoms with Crippen molar-refractivity contribution >= 4 is 28.9 Å². The Morgan fingerprint density at radius 3 is 2.74 bits per heavy atom. The molecule has 3 aromatic heterocycles. The number of nitriles is 1. The highest BCUT2D eigenvalue weighted by Gasteiger charge is 2.17. The number of carbonyl (C=O) groups excluding carboxylic acids is 2. The number of aryl methyl sites for hydroxylation is 1. The maximum Gasteiger partial charge on any atom is 0.258 e. The monoisotopic (exact) mass is 469 g/mol. The molecule has 1 aromatic carbocycles. The van der Waals surface area contributed by atoms with Gasteiger partial charge in [-0.1, -0.05) is 12.1 Å². The van der Waals surface area contributed by atoms with Crippen LogP contribution >= 0.6 is 0 Å². The van der Waals surface area contributed by atoms with Gasteiger partial charge in [0.15, 0.2) is 5.65 Å². The summed E-state index contributed by atoms with van der Waals surface area (Å²) in [6.07, 6.45) is 3.81. The molecular formula is C25H23N7O3. The molecule has 0 aliphatic carbocycles. The van der Waals surface area contributed by atoms with Gasteiger partial charge in [-0.05, 0) is 42.8 Å². The number of amides is 2. The van der Waals surface area contributed by atoms with E-state index >= 15 is 0 Å². The molecule has 3 heterocycles. The molecule has 0 aliphatic heterocycles. The zero-order chi connectivity index (χ0) is 24.6. The summed E-state index contributed by atoms with van der Waals surface area (Å²) in [6.45, 7) is 1.30. The summed E-state index contributed by atoms with van der Waals surface area (Å²) in [6, 6.07) is 15.5. The van der Waals surface area contributed by atoms with Crippen LogP contribution in [0.1, 0.15) is 38.4 Å². The summed E-state index contributed by atoms with van der Waals surface area (Å²) in [5.41, 5.74) is 2.80. The third kappa shape index (κ3) is 5.66. The Kier molecular flexibility index (Phi) is 7.40. The first-order valence-corrected chi connectivity index (χ1v) is 10.9. The third-order valence-corrected chi connectivity index (χ3v) is 5.21. The first-order valence-electron chi connectivity index (χ1n) is 10.9. The Labute approximate surface area is 201 Å². The molecule has 2 amide bonds. The second-order valence-electron chi connectivity index (χ2n) is 7.65. The number of hydrogen-bond donors (Lipinski definition) is 2. The topological polar surface area (TPSA) is 135 Å². The van der Waals surface area contributed by atoms with E-state index in [4.69, 9.17) is 10.00 Å². The molecule has 4 aromatic rings. The summed E-state index contributed by atoms with van der Waals surface area (Å²) in [7, 11) is 1.62. The smallest absolute Gasteiger partial charge is 0.258 e. The number of fused-ring (bicyclic) bond motifs is 1. The Balaban J connectivity index is 1.59. The summed E-state index contributed by atoms with van der Waals surface area (Å²) >= 11 is 0. The van der Waals surface area contributed by atoms with Crippen molar-refractivity contribution in [2.24, 2.45) is 0 Å². The van der Waals surface area contributed by atoms with Crippen LogP contribution in [0.15, 0.2) is 60.9 Å². The number of nitrogens with one attached hydrogen (secondary N) is 2. The van der Waals surface area contributed by atoms with Crippen molar-refractivity contribution in [2.75, 3.05) is 19.0 Å². The molecule has 10 nitrogen and oxygen atoms in total. The SMILES string of the molecule is COCCCn1c(NC(=O)c2cccc(C#N)c2)nc2cc(C(=O)NCc3ccccn3)cnc21. The van der Waals surface area contributed by atoms with Crippen molar-refractivity contribution in [2.45, 2.75) is 19.5 Å². The Morgan fingerprint density at radius 1 is 1.09 bits per heavy atom. The van der Waals surface area contributed by atoms with Crippen molar-refractivity contribution in [1.29, 1.82) is 5.26 Å². The minimum Gasteiger partial charge on any atom is -0.385 e. The third-order valence-electron chi connectivity index (χ3n) is 5.21. The molecule has 0 radical (unpaired) electrons. The average molecular weight is 470 g/mol. The molecule has 0 spiro atoms. The lowest BCUT2D eigenvalue weighted by Gasteiger charge is -2.10. The minimum absolute atomic E-state index is 0.284. The number of benzene rings is 1. The number of methoxy groups -OCH3 is 1. The van der Waals surface area contributed by atoms with Crippen molar-refractivity contribution in [3.63, 3.8) is 0 Å². The van der Waals surface area contributed by atoms with E-state index in [1.165, 1.54) is 12.3 Å². The highest BCUT2D eigenvalue weighted by molar-refractivity contribution is 6.04. The Hall–Kier alpha value is -4.62. The first-order chi connectivity index (χ1) is 17.1. The van der Waals surface area contributed by atoms with Crippen LogP contribution in [0.3, 0.4) is 0 Å². The van der Waals surface area contributed by atoms with Gasteiger partial charge in [-0.15, -0.1) is 0 Å². The van der Waals surface area contributed by atoms with Gasteiger partial charge in [0.05, 0.1) is 29.4 Å². The number of pyridine rings is 2. The molecule has 0 unspecified atom stereocenters. The predicted octanol–water partition coefficient (Wildman–Crippen LogP) is 2.92. The van der Waals surface area contributed by atoms with Crippen molar-refractivity contribution in [3.05, 3.63) is 83.3 Å². The fourth-order valence-corrected chi connectivity index (χ4v) is 3.49. The molecule has 4 rings (SSSR count). The standard InChI is InChI=1S/C25H23N7O3/c1-35-11-5-10-32-22-21(30-25(32)31-24(34)18-7-4-6-17(12-18)14-26)13-19(15-28-22)23(33)29-16-20-8-2-3-9-27-20/h2-4,6-9,12-13,15H,5,10-11,16H2,1H3,(H,29,33)(H,30,31,34). The fourth-order valence-electron chi connectivity index (χ4n) is 3.49. The van der Waals surface area contributed by atoms with Gasteiger partial charge in [0, 0.05) is 38.2 Å². The lowest BCUT2D eigenvalue weighted by Crippen LogP contribution is -2.23. The highest BCUT2D eigenvalue weighted by Crippen LogP contribution is 2.21. The largest absolute Gasteiger partial charge is 0.385 e. The summed E-state index contributed by atoms with van der Waals surface area (Å²) in [4.78, 5) is 38.7. The fraction of sp³-hybridized carbons (Fsp3) is 0.200. The Bertz CT molecular complexity index is 1390. The summed E-state index contributed by atoms with van der Waals surface area (Å²) < 4.78 is 6.93. The van der Waals surface area contributed by atoms with Crippen LogP contribution in [0.25, 0.3) is 11.2 Å². The maximum atomic E-state index is 12.8. The van der Waals surface area contributed by atoms with Gasteiger partial charge in [0.1, 0.15) is 5.52 Å². The normalized spacial score (nSPS) is 10.6. The van der Waals surface area contributed by atoms with Gasteiger partial charge in [0.2, 0.25) is 5.95 Å². The molecule has 0 bridgehead atoms. The maximum absolute atomic E-state index is 12.8. The Morgan fingerprint density at radius 2 is 1.97 bits per heavy atom. The number of imidazole rings is 1. The van der Waals surface area contributed by atoms with Gasteiger partial charge in [0.25, 0.3) is 11.8 Å². The van der Waals surface area contributed by atoms with Gasteiger partial charge in [-0.3, -0.25) is 24.5 Å². The van der Waals surface area contributed by atoms with Crippen molar-refractivity contribution in [3.8, 4) is 6.07 Å². The van der Waals surface area contributed by atoms with Gasteiger partial charge in [-0.2, -0.15) is 5.26 Å². The van der Waals surface area contributed by atoms with E-state index in [1.807, 2.05) is 24.3 Å². The van der Waals surface area contributed by atoms with E-state index in [0.717, 1.165) is 5.69 Å². The molecule has 10 heteroatoms. The van der Waals surface area contributed by atoms with Crippen LogP contribution in [0.2, 0.25) is 0 Å². The molecule has 35 heavy (non-hydrogen) atoms. The number of nitrogens with zero attached hydrogens (tertiary/aromatic N) is 5. The molecule has 0 atom stereocenters. The van der Waals surface area contributed by atoms with E-state index in [9.17, 15) is 9.59 Å². The predicted molar refractivity (Wildman–Crippen MR) is 129 cm³/mol. The molecule has 2 N–H and O–H groups in total. The summed E-state index contributed by atoms with van der Waals surface area (Å²) in [5, 5.41) is 14.7. The first kappa shape index (κ1) is 23.5. The number of anilines is 1. The second-order valence-corrected chi connectivity index (χ2v) is 7.65. The zero-order valence-electron chi connectivity index (χ0n) is 19.1. The average Bonchev–Trinajstić information content (AvgIpc) is 3.24. The van der Waals surface area contributed by atoms with E-state index in [-0.39, 0.29) is 12.5 Å². The lowest BCUT2D eigenvalue weighted by molar-refractivity contribution is 0.0949. The zero-order valence-corrected chi connectivity index (χ0v) is 19.1. The second kappa shape index (κ2) is 11.0. The van der Waals surface area contributed by atoms with Crippen LogP contribution in [-0.2, 0) is 17.8 Å². The lowest BCUT2D eigenvalue weighted by atomic mass is 10.1. The van der Waals surface area contributed by atoms with Crippen LogP contribution in [0.4, 0.5) is 5.95 Å². The number of aromatic nitrogens is 4. The van der Waals surface area contributed by atoms with E-state index in [0.29, 0.717) is 53.4 Å². The van der Waals surface area contributed by atoms with E-state index in [1.54, 1.807) is 42.1 Å². The minimum atomic E-state index is -0.404. The van der Waals surface area contributed by atoms with Gasteiger partial charge < -0.3 is 10.1 Å². The van der Waals surface area contributed by atoms with E-state index < -0.39 is 5.91 Å². The van der Waals surface area contributed by atoms with E-state index in [2.05, 4.69) is 25.6 Å². The molecule has 0 saturated heterocycles. The quantitative estimate of drug-likeness (QED) is 0.360. The van der Waals surface area contributed by atoms with Crippen molar-refractivity contribution in [1.82, 2.24) is 24.8 Å². The van der Waals surface area contributed by atoms with Gasteiger partial charge >= 0.3 is 0 Å². The number of carbonyl (C=O) groups is 2. The van der Waals surface area contributed by atoms with Crippen LogP contribution in [0.5, 0.6) is 0 Å². The molecule has 0 aliphatic rings. The molecular weight excluding hydrogens is 446 g/mol. The molecule has 0 saturated carbocycles. The van der Waals surface area contributed by atoms with Gasteiger partial charge in [-0.25, -0.2) is 9.97 Å². The number of rotatable bonds is 9. The van der Waals surface area contributed by atoms with Crippen molar-refractivity contribution < 1.29 is 14.3 Å². The van der Waals surface area contributed by atoms with Crippen LogP contribution in [0, 0.1) is 11.3 Å². The number of ether oxygens (including phenoxy) is 1. The highest BCUT2D eigenvalue weighted by atomic mass is 16.5.